The number of halogens is 3. The molecule has 7 heteroatoms. The zero-order valence-corrected chi connectivity index (χ0v) is 17.3. The molecule has 0 unspecified atom stereocenters. The molecule has 2 fully saturated rings. The summed E-state index contributed by atoms with van der Waals surface area (Å²) >= 11 is 6.03. The van der Waals surface area contributed by atoms with E-state index in [1.54, 1.807) is 17.0 Å². The highest BCUT2D eigenvalue weighted by atomic mass is 35.5. The Labute approximate surface area is 179 Å². The van der Waals surface area contributed by atoms with Crippen LogP contribution in [-0.4, -0.2) is 47.8 Å². The molecule has 1 saturated heterocycles. The maximum atomic E-state index is 13.5. The molecule has 2 aromatic rings. The third kappa shape index (κ3) is 3.81. The van der Waals surface area contributed by atoms with E-state index in [1.165, 1.54) is 24.3 Å². The molecule has 1 aliphatic carbocycles. The fourth-order valence-electron chi connectivity index (χ4n) is 4.62. The van der Waals surface area contributed by atoms with Gasteiger partial charge in [-0.2, -0.15) is 0 Å². The predicted molar refractivity (Wildman–Crippen MR) is 110 cm³/mol. The van der Waals surface area contributed by atoms with Crippen LogP contribution in [-0.2, 0) is 10.2 Å². The number of hydrogen-bond acceptors (Lipinski definition) is 2. The zero-order chi connectivity index (χ0) is 21.3. The van der Waals surface area contributed by atoms with E-state index in [2.05, 4.69) is 0 Å². The van der Waals surface area contributed by atoms with Crippen LogP contribution < -0.4 is 0 Å². The van der Waals surface area contributed by atoms with Gasteiger partial charge in [-0.15, -0.1) is 0 Å². The SMILES string of the molecule is O=C(c1ccc(F)cc1Cl)N1CCN(C(=O)C2(c3ccc(F)cc3)CCCC2)CC1. The van der Waals surface area contributed by atoms with Gasteiger partial charge in [0.2, 0.25) is 5.91 Å². The minimum atomic E-state index is -0.611. The van der Waals surface area contributed by atoms with Crippen molar-refractivity contribution in [2.75, 3.05) is 26.2 Å². The lowest BCUT2D eigenvalue weighted by Crippen LogP contribution is -2.55. The molecule has 2 amide bonds. The topological polar surface area (TPSA) is 40.6 Å². The summed E-state index contributed by atoms with van der Waals surface area (Å²) in [4.78, 5) is 29.7. The Kier molecular flexibility index (Phi) is 5.78. The first kappa shape index (κ1) is 20.8. The summed E-state index contributed by atoms with van der Waals surface area (Å²) in [6, 6.07) is 9.98. The number of nitrogens with zero attached hydrogens (tertiary/aromatic N) is 2. The molecule has 0 aromatic heterocycles. The summed E-state index contributed by atoms with van der Waals surface area (Å²) in [5.41, 5.74) is 0.513. The third-order valence-corrected chi connectivity index (χ3v) is 6.59. The molecule has 2 aliphatic rings. The molecule has 1 saturated carbocycles. The molecule has 4 rings (SSSR count). The van der Waals surface area contributed by atoms with Crippen LogP contribution in [0.1, 0.15) is 41.6 Å². The largest absolute Gasteiger partial charge is 0.338 e. The number of rotatable bonds is 3. The summed E-state index contributed by atoms with van der Waals surface area (Å²) in [7, 11) is 0. The van der Waals surface area contributed by atoms with Crippen LogP contribution in [0.4, 0.5) is 8.78 Å². The van der Waals surface area contributed by atoms with E-state index in [0.29, 0.717) is 26.2 Å². The van der Waals surface area contributed by atoms with Gasteiger partial charge in [-0.05, 0) is 48.7 Å². The fourth-order valence-corrected chi connectivity index (χ4v) is 4.87. The summed E-state index contributed by atoms with van der Waals surface area (Å²) < 4.78 is 26.7. The molecule has 0 N–H and O–H groups in total. The number of benzene rings is 2. The quantitative estimate of drug-likeness (QED) is 0.720. The highest BCUT2D eigenvalue weighted by Gasteiger charge is 2.45. The van der Waals surface area contributed by atoms with Gasteiger partial charge < -0.3 is 9.80 Å². The Morgan fingerprint density at radius 1 is 0.833 bits per heavy atom. The highest BCUT2D eigenvalue weighted by molar-refractivity contribution is 6.33. The molecule has 0 spiro atoms. The van der Waals surface area contributed by atoms with E-state index in [9.17, 15) is 18.4 Å². The number of hydrogen-bond donors (Lipinski definition) is 0. The Morgan fingerprint density at radius 2 is 1.40 bits per heavy atom. The minimum Gasteiger partial charge on any atom is -0.338 e. The lowest BCUT2D eigenvalue weighted by atomic mass is 9.77. The Bertz CT molecular complexity index is 950. The molecule has 0 bridgehead atoms. The molecule has 1 heterocycles. The number of carbonyl (C=O) groups is 2. The number of carbonyl (C=O) groups excluding carboxylic acids is 2. The Hall–Kier alpha value is -2.47. The fraction of sp³-hybridized carbons (Fsp3) is 0.391. The van der Waals surface area contributed by atoms with Crippen molar-refractivity contribution in [3.05, 3.63) is 70.2 Å². The van der Waals surface area contributed by atoms with Gasteiger partial charge in [0.1, 0.15) is 11.6 Å². The molecule has 158 valence electrons. The van der Waals surface area contributed by atoms with Gasteiger partial charge in [0, 0.05) is 26.2 Å². The van der Waals surface area contributed by atoms with Crippen LogP contribution in [0, 0.1) is 11.6 Å². The van der Waals surface area contributed by atoms with Gasteiger partial charge in [-0.25, -0.2) is 8.78 Å². The minimum absolute atomic E-state index is 0.0542. The van der Waals surface area contributed by atoms with Crippen LogP contribution in [0.2, 0.25) is 5.02 Å². The number of piperazine rings is 1. The van der Waals surface area contributed by atoms with Crippen LogP contribution in [0.3, 0.4) is 0 Å². The average molecular weight is 433 g/mol. The Morgan fingerprint density at radius 3 is 2.00 bits per heavy atom. The van der Waals surface area contributed by atoms with Crippen molar-refractivity contribution in [3.63, 3.8) is 0 Å². The van der Waals surface area contributed by atoms with E-state index in [0.717, 1.165) is 37.3 Å². The van der Waals surface area contributed by atoms with Crippen molar-refractivity contribution in [3.8, 4) is 0 Å². The smallest absolute Gasteiger partial charge is 0.255 e. The summed E-state index contributed by atoms with van der Waals surface area (Å²) in [5, 5.41) is 0.0831. The van der Waals surface area contributed by atoms with Crippen LogP contribution in [0.25, 0.3) is 0 Å². The predicted octanol–water partition coefficient (Wildman–Crippen LogP) is 4.41. The van der Waals surface area contributed by atoms with E-state index < -0.39 is 11.2 Å². The maximum Gasteiger partial charge on any atom is 0.255 e. The van der Waals surface area contributed by atoms with Gasteiger partial charge in [-0.3, -0.25) is 9.59 Å². The average Bonchev–Trinajstić information content (AvgIpc) is 3.24. The van der Waals surface area contributed by atoms with Crippen molar-refractivity contribution in [2.24, 2.45) is 0 Å². The van der Waals surface area contributed by atoms with Gasteiger partial charge in [0.25, 0.3) is 5.91 Å². The van der Waals surface area contributed by atoms with Crippen LogP contribution in [0.15, 0.2) is 42.5 Å². The summed E-state index contributed by atoms with van der Waals surface area (Å²) in [6.07, 6.45) is 3.43. The second kappa shape index (κ2) is 8.34. The first-order valence-electron chi connectivity index (χ1n) is 10.2. The molecule has 1 aliphatic heterocycles. The first-order valence-corrected chi connectivity index (χ1v) is 10.6. The van der Waals surface area contributed by atoms with E-state index in [-0.39, 0.29) is 28.2 Å². The number of amides is 2. The zero-order valence-electron chi connectivity index (χ0n) is 16.5. The monoisotopic (exact) mass is 432 g/mol. The van der Waals surface area contributed by atoms with Gasteiger partial charge in [-0.1, -0.05) is 36.6 Å². The van der Waals surface area contributed by atoms with Crippen LogP contribution >= 0.6 is 11.6 Å². The van der Waals surface area contributed by atoms with E-state index >= 15 is 0 Å². The standard InChI is InChI=1S/C23H23ClF2N2O2/c24-20-15-18(26)7-8-19(20)21(29)27-11-13-28(14-12-27)22(30)23(9-1-2-10-23)16-3-5-17(25)6-4-16/h3-8,15H,1-2,9-14H2. The van der Waals surface area contributed by atoms with Gasteiger partial charge >= 0.3 is 0 Å². The normalized spacial score (nSPS) is 18.5. The summed E-state index contributed by atoms with van der Waals surface area (Å²) in [6.45, 7) is 1.62. The third-order valence-electron chi connectivity index (χ3n) is 6.28. The van der Waals surface area contributed by atoms with Crippen LogP contribution in [0.5, 0.6) is 0 Å². The molecule has 4 nitrogen and oxygen atoms in total. The van der Waals surface area contributed by atoms with Gasteiger partial charge in [0.15, 0.2) is 0 Å². The molecule has 0 radical (unpaired) electrons. The first-order chi connectivity index (χ1) is 14.4. The molecule has 30 heavy (non-hydrogen) atoms. The highest BCUT2D eigenvalue weighted by Crippen LogP contribution is 2.43. The second-order valence-corrected chi connectivity index (χ2v) is 8.41. The lowest BCUT2D eigenvalue weighted by Gasteiger charge is -2.40. The van der Waals surface area contributed by atoms with E-state index in [1.807, 2.05) is 4.90 Å². The molecule has 0 atom stereocenters. The van der Waals surface area contributed by atoms with Crippen molar-refractivity contribution in [1.82, 2.24) is 9.80 Å². The van der Waals surface area contributed by atoms with Gasteiger partial charge in [0.05, 0.1) is 16.0 Å². The summed E-state index contributed by atoms with van der Waals surface area (Å²) in [5.74, 6) is -1.01. The maximum absolute atomic E-state index is 13.5. The Balaban J connectivity index is 1.47. The second-order valence-electron chi connectivity index (χ2n) is 8.00. The van der Waals surface area contributed by atoms with E-state index in [4.69, 9.17) is 11.6 Å². The lowest BCUT2D eigenvalue weighted by molar-refractivity contribution is -0.138. The van der Waals surface area contributed by atoms with Crippen molar-refractivity contribution in [2.45, 2.75) is 31.1 Å². The molecule has 2 aromatic carbocycles. The van der Waals surface area contributed by atoms with Crippen molar-refractivity contribution >= 4 is 23.4 Å². The van der Waals surface area contributed by atoms with Crippen molar-refractivity contribution < 1.29 is 18.4 Å². The molecular formula is C23H23ClF2N2O2. The molecular weight excluding hydrogens is 410 g/mol. The van der Waals surface area contributed by atoms with Crippen molar-refractivity contribution in [1.29, 1.82) is 0 Å².